The zero-order valence-corrected chi connectivity index (χ0v) is 9.85. The first-order chi connectivity index (χ1) is 7.58. The van der Waals surface area contributed by atoms with E-state index in [0.29, 0.717) is 12.8 Å². The molecule has 0 saturated carbocycles. The molecule has 4 heteroatoms. The molecular weight excluding hydrogens is 206 g/mol. The van der Waals surface area contributed by atoms with Gasteiger partial charge in [-0.15, -0.1) is 0 Å². The third kappa shape index (κ3) is 1.84. The Morgan fingerprint density at radius 1 is 1.56 bits per heavy atom. The molecule has 2 saturated heterocycles. The molecule has 2 rings (SSSR count). The van der Waals surface area contributed by atoms with Crippen LogP contribution in [-0.2, 0) is 4.79 Å². The van der Waals surface area contributed by atoms with E-state index in [-0.39, 0.29) is 5.92 Å². The van der Waals surface area contributed by atoms with Crippen molar-refractivity contribution >= 4 is 5.97 Å². The number of aliphatic carboxylic acids is 1. The summed E-state index contributed by atoms with van der Waals surface area (Å²) in [6, 6.07) is 0. The Labute approximate surface area is 96.3 Å². The predicted octanol–water partition coefficient (Wildman–Crippen LogP) is 0.944. The summed E-state index contributed by atoms with van der Waals surface area (Å²) in [6.07, 6.45) is 2.97. The van der Waals surface area contributed by atoms with Crippen LogP contribution in [-0.4, -0.2) is 46.3 Å². The number of aliphatic hydroxyl groups is 1. The normalized spacial score (nSPS) is 39.6. The number of fused-ring (bicyclic) bond motifs is 2. The van der Waals surface area contributed by atoms with E-state index >= 15 is 0 Å². The van der Waals surface area contributed by atoms with Gasteiger partial charge in [0.05, 0.1) is 11.5 Å². The fourth-order valence-electron chi connectivity index (χ4n) is 3.32. The van der Waals surface area contributed by atoms with E-state index < -0.39 is 17.5 Å². The minimum Gasteiger partial charge on any atom is -0.481 e. The highest BCUT2D eigenvalue weighted by molar-refractivity contribution is 5.71. The molecule has 0 spiro atoms. The Hall–Kier alpha value is -0.610. The lowest BCUT2D eigenvalue weighted by Gasteiger charge is -2.42. The van der Waals surface area contributed by atoms with Crippen molar-refractivity contribution in [3.05, 3.63) is 0 Å². The molecule has 2 heterocycles. The van der Waals surface area contributed by atoms with Gasteiger partial charge in [-0.05, 0) is 25.8 Å². The SMILES string of the molecule is CCCC(C(=O)O)C1(O)CCN2CCC1C2. The lowest BCUT2D eigenvalue weighted by molar-refractivity contribution is -0.161. The minimum atomic E-state index is -0.963. The standard InChI is InChI=1S/C12H21NO3/c1-2-3-10(11(14)15)12(16)5-7-13-6-4-9(12)8-13/h9-10,16H,2-8H2,1H3,(H,14,15). The molecule has 2 aliphatic heterocycles. The maximum atomic E-state index is 11.3. The lowest BCUT2D eigenvalue weighted by Crippen LogP contribution is -2.53. The monoisotopic (exact) mass is 227 g/mol. The number of nitrogens with zero attached hydrogens (tertiary/aromatic N) is 1. The summed E-state index contributed by atoms with van der Waals surface area (Å²) in [6.45, 7) is 4.72. The average Bonchev–Trinajstić information content (AvgIpc) is 2.66. The first kappa shape index (κ1) is 11.9. The van der Waals surface area contributed by atoms with Crippen molar-refractivity contribution in [3.63, 3.8) is 0 Å². The van der Waals surface area contributed by atoms with Crippen LogP contribution in [0.2, 0.25) is 0 Å². The molecule has 2 aliphatic rings. The average molecular weight is 227 g/mol. The third-order valence-electron chi connectivity index (χ3n) is 4.29. The Kier molecular flexibility index (Phi) is 3.22. The molecule has 4 atom stereocenters. The van der Waals surface area contributed by atoms with Crippen LogP contribution in [0.1, 0.15) is 32.6 Å². The first-order valence-electron chi connectivity index (χ1n) is 6.25. The van der Waals surface area contributed by atoms with Crippen LogP contribution < -0.4 is 0 Å². The molecule has 0 radical (unpaired) electrons. The minimum absolute atomic E-state index is 0.161. The van der Waals surface area contributed by atoms with E-state index in [1.807, 2.05) is 6.92 Å². The Morgan fingerprint density at radius 2 is 2.31 bits per heavy atom. The number of piperidine rings is 1. The largest absolute Gasteiger partial charge is 0.481 e. The molecule has 4 nitrogen and oxygen atoms in total. The van der Waals surface area contributed by atoms with Crippen molar-refractivity contribution in [2.45, 2.75) is 38.2 Å². The van der Waals surface area contributed by atoms with Gasteiger partial charge in [0.1, 0.15) is 0 Å². The molecule has 2 N–H and O–H groups in total. The summed E-state index contributed by atoms with van der Waals surface area (Å²) < 4.78 is 0. The van der Waals surface area contributed by atoms with Gasteiger partial charge in [-0.3, -0.25) is 4.79 Å². The highest BCUT2D eigenvalue weighted by Gasteiger charge is 2.51. The molecule has 0 aliphatic carbocycles. The Bertz CT molecular complexity index is 281. The third-order valence-corrected chi connectivity index (χ3v) is 4.29. The summed E-state index contributed by atoms with van der Waals surface area (Å²) in [5.74, 6) is -1.25. The van der Waals surface area contributed by atoms with E-state index in [1.165, 1.54) is 0 Å². The molecule has 0 aromatic rings. The van der Waals surface area contributed by atoms with E-state index in [0.717, 1.165) is 32.5 Å². The maximum Gasteiger partial charge on any atom is 0.309 e. The highest BCUT2D eigenvalue weighted by Crippen LogP contribution is 2.42. The Balaban J connectivity index is 2.17. The summed E-state index contributed by atoms with van der Waals surface area (Å²) in [5.41, 5.74) is -0.963. The first-order valence-corrected chi connectivity index (χ1v) is 6.25. The van der Waals surface area contributed by atoms with Gasteiger partial charge in [0.25, 0.3) is 0 Å². The van der Waals surface area contributed by atoms with Gasteiger partial charge in [-0.25, -0.2) is 0 Å². The quantitative estimate of drug-likeness (QED) is 0.750. The summed E-state index contributed by atoms with van der Waals surface area (Å²) in [7, 11) is 0. The van der Waals surface area contributed by atoms with Crippen LogP contribution in [0.25, 0.3) is 0 Å². The molecule has 0 aromatic heterocycles. The van der Waals surface area contributed by atoms with Crippen molar-refractivity contribution in [2.24, 2.45) is 11.8 Å². The van der Waals surface area contributed by atoms with Gasteiger partial charge >= 0.3 is 5.97 Å². The summed E-state index contributed by atoms with van der Waals surface area (Å²) in [5, 5.41) is 20.0. The van der Waals surface area contributed by atoms with Gasteiger partial charge in [0.15, 0.2) is 0 Å². The van der Waals surface area contributed by atoms with Crippen LogP contribution in [0.3, 0.4) is 0 Å². The van der Waals surface area contributed by atoms with Crippen molar-refractivity contribution in [3.8, 4) is 0 Å². The zero-order valence-electron chi connectivity index (χ0n) is 9.85. The second-order valence-electron chi connectivity index (χ2n) is 5.21. The van der Waals surface area contributed by atoms with E-state index in [1.54, 1.807) is 0 Å². The molecule has 2 bridgehead atoms. The van der Waals surface area contributed by atoms with Gasteiger partial charge in [0, 0.05) is 19.0 Å². The van der Waals surface area contributed by atoms with E-state index in [9.17, 15) is 15.0 Å². The van der Waals surface area contributed by atoms with Gasteiger partial charge < -0.3 is 15.1 Å². The molecule has 2 fully saturated rings. The highest BCUT2D eigenvalue weighted by atomic mass is 16.4. The fraction of sp³-hybridized carbons (Fsp3) is 0.917. The van der Waals surface area contributed by atoms with Crippen molar-refractivity contribution in [1.29, 1.82) is 0 Å². The molecule has 4 unspecified atom stereocenters. The Morgan fingerprint density at radius 3 is 2.94 bits per heavy atom. The van der Waals surface area contributed by atoms with E-state index in [4.69, 9.17) is 0 Å². The zero-order chi connectivity index (χ0) is 11.8. The van der Waals surface area contributed by atoms with Crippen LogP contribution >= 0.6 is 0 Å². The van der Waals surface area contributed by atoms with Gasteiger partial charge in [-0.1, -0.05) is 13.3 Å². The molecular formula is C12H21NO3. The number of rotatable bonds is 4. The predicted molar refractivity (Wildman–Crippen MR) is 60.1 cm³/mol. The molecule has 0 aromatic carbocycles. The molecule has 16 heavy (non-hydrogen) atoms. The number of carboxylic acids is 1. The van der Waals surface area contributed by atoms with Crippen molar-refractivity contribution in [2.75, 3.05) is 19.6 Å². The number of hydrogen-bond donors (Lipinski definition) is 2. The topological polar surface area (TPSA) is 60.8 Å². The van der Waals surface area contributed by atoms with Crippen LogP contribution in [0, 0.1) is 11.8 Å². The maximum absolute atomic E-state index is 11.3. The summed E-state index contributed by atoms with van der Waals surface area (Å²) >= 11 is 0. The summed E-state index contributed by atoms with van der Waals surface area (Å²) in [4.78, 5) is 13.6. The number of carbonyl (C=O) groups is 1. The van der Waals surface area contributed by atoms with E-state index in [2.05, 4.69) is 4.90 Å². The van der Waals surface area contributed by atoms with Gasteiger partial charge in [-0.2, -0.15) is 0 Å². The van der Waals surface area contributed by atoms with Crippen LogP contribution in [0.4, 0.5) is 0 Å². The number of carboxylic acid groups (broad SMARTS) is 1. The van der Waals surface area contributed by atoms with Crippen molar-refractivity contribution < 1.29 is 15.0 Å². The van der Waals surface area contributed by atoms with Gasteiger partial charge in [0.2, 0.25) is 0 Å². The van der Waals surface area contributed by atoms with Crippen molar-refractivity contribution in [1.82, 2.24) is 4.90 Å². The molecule has 92 valence electrons. The lowest BCUT2D eigenvalue weighted by atomic mass is 9.71. The molecule has 0 amide bonds. The van der Waals surface area contributed by atoms with Crippen LogP contribution in [0.15, 0.2) is 0 Å². The smallest absolute Gasteiger partial charge is 0.309 e. The second kappa shape index (κ2) is 4.34. The van der Waals surface area contributed by atoms with Crippen LogP contribution in [0.5, 0.6) is 0 Å². The second-order valence-corrected chi connectivity index (χ2v) is 5.21. The fourth-order valence-corrected chi connectivity index (χ4v) is 3.32. The number of hydrogen-bond acceptors (Lipinski definition) is 3.